The number of hydrogen-bond donors (Lipinski definition) is 3. The number of ether oxygens (including phenoxy) is 1. The van der Waals surface area contributed by atoms with Crippen molar-refractivity contribution >= 4 is 34.1 Å². The molecule has 3 aromatic rings. The minimum absolute atomic E-state index is 0.147. The molecule has 1 atom stereocenters. The molecule has 0 aliphatic rings. The predicted octanol–water partition coefficient (Wildman–Crippen LogP) is 4.27. The van der Waals surface area contributed by atoms with Crippen molar-refractivity contribution in [2.75, 3.05) is 19.0 Å². The molecule has 0 radical (unpaired) electrons. The zero-order valence-corrected chi connectivity index (χ0v) is 18.7. The SMILES string of the molecule is CCCC(CO)NC(=O)c1cnc2ccc(C#N)cc2c1NCc1ccc(OC)c(Cl)c1. The highest BCUT2D eigenvalue weighted by molar-refractivity contribution is 6.32. The Morgan fingerprint density at radius 2 is 2.12 bits per heavy atom. The third kappa shape index (κ3) is 5.28. The van der Waals surface area contributed by atoms with Gasteiger partial charge >= 0.3 is 0 Å². The normalized spacial score (nSPS) is 11.6. The van der Waals surface area contributed by atoms with Crippen LogP contribution in [0.5, 0.6) is 5.75 Å². The second kappa shape index (κ2) is 10.8. The van der Waals surface area contributed by atoms with Gasteiger partial charge in [-0.1, -0.05) is 31.0 Å². The Labute approximate surface area is 192 Å². The third-order valence-electron chi connectivity index (χ3n) is 5.12. The van der Waals surface area contributed by atoms with Gasteiger partial charge in [0.1, 0.15) is 5.75 Å². The number of halogens is 1. The lowest BCUT2D eigenvalue weighted by Crippen LogP contribution is -2.37. The lowest BCUT2D eigenvalue weighted by atomic mass is 10.0. The molecule has 1 unspecified atom stereocenters. The first-order valence-corrected chi connectivity index (χ1v) is 10.7. The van der Waals surface area contributed by atoms with Crippen LogP contribution in [0, 0.1) is 11.3 Å². The van der Waals surface area contributed by atoms with Gasteiger partial charge in [-0.2, -0.15) is 5.26 Å². The van der Waals surface area contributed by atoms with Crippen LogP contribution in [0.2, 0.25) is 5.02 Å². The number of carbonyl (C=O) groups is 1. The Morgan fingerprint density at radius 3 is 2.78 bits per heavy atom. The Hall–Kier alpha value is -3.34. The fourth-order valence-corrected chi connectivity index (χ4v) is 3.74. The summed E-state index contributed by atoms with van der Waals surface area (Å²) in [5.74, 6) is 0.235. The van der Waals surface area contributed by atoms with Crippen molar-refractivity contribution in [1.82, 2.24) is 10.3 Å². The summed E-state index contributed by atoms with van der Waals surface area (Å²) in [7, 11) is 1.55. The number of hydrogen-bond acceptors (Lipinski definition) is 6. The van der Waals surface area contributed by atoms with Gasteiger partial charge in [-0.15, -0.1) is 0 Å². The second-order valence-electron chi connectivity index (χ2n) is 7.35. The zero-order valence-electron chi connectivity index (χ0n) is 18.0. The topological polar surface area (TPSA) is 107 Å². The van der Waals surface area contributed by atoms with Crippen LogP contribution in [0.1, 0.15) is 41.3 Å². The first-order valence-electron chi connectivity index (χ1n) is 10.3. The van der Waals surface area contributed by atoms with Crippen LogP contribution in [0.15, 0.2) is 42.6 Å². The molecule has 0 aliphatic carbocycles. The summed E-state index contributed by atoms with van der Waals surface area (Å²) >= 11 is 6.24. The Kier molecular flexibility index (Phi) is 7.87. The van der Waals surface area contributed by atoms with E-state index in [1.165, 1.54) is 6.20 Å². The number of nitrogens with one attached hydrogen (secondary N) is 2. The molecule has 2 aromatic carbocycles. The Balaban J connectivity index is 2.00. The number of pyridine rings is 1. The average Bonchev–Trinajstić information content (AvgIpc) is 2.81. The van der Waals surface area contributed by atoms with Gasteiger partial charge in [-0.25, -0.2) is 0 Å². The largest absolute Gasteiger partial charge is 0.495 e. The first-order chi connectivity index (χ1) is 15.5. The molecule has 32 heavy (non-hydrogen) atoms. The molecule has 1 aromatic heterocycles. The molecule has 166 valence electrons. The van der Waals surface area contributed by atoms with E-state index in [0.717, 1.165) is 12.0 Å². The van der Waals surface area contributed by atoms with E-state index in [4.69, 9.17) is 16.3 Å². The highest BCUT2D eigenvalue weighted by Gasteiger charge is 2.19. The number of anilines is 1. The molecule has 0 saturated carbocycles. The zero-order chi connectivity index (χ0) is 23.1. The molecule has 8 heteroatoms. The lowest BCUT2D eigenvalue weighted by molar-refractivity contribution is 0.0913. The summed E-state index contributed by atoms with van der Waals surface area (Å²) in [4.78, 5) is 17.5. The van der Waals surface area contributed by atoms with E-state index in [1.54, 1.807) is 37.4 Å². The summed E-state index contributed by atoms with van der Waals surface area (Å²) in [5.41, 5.74) is 2.91. The van der Waals surface area contributed by atoms with Gasteiger partial charge in [0.05, 0.1) is 53.2 Å². The van der Waals surface area contributed by atoms with Gasteiger partial charge in [0.25, 0.3) is 5.91 Å². The number of fused-ring (bicyclic) bond motifs is 1. The van der Waals surface area contributed by atoms with Gasteiger partial charge in [0.15, 0.2) is 0 Å². The van der Waals surface area contributed by atoms with Crippen LogP contribution in [-0.4, -0.2) is 35.8 Å². The number of benzene rings is 2. The number of aliphatic hydroxyl groups excluding tert-OH is 1. The van der Waals surface area contributed by atoms with Crippen molar-refractivity contribution < 1.29 is 14.6 Å². The van der Waals surface area contributed by atoms with Gasteiger partial charge in [0, 0.05) is 18.1 Å². The van der Waals surface area contributed by atoms with Gasteiger partial charge in [-0.3, -0.25) is 9.78 Å². The highest BCUT2D eigenvalue weighted by atomic mass is 35.5. The Morgan fingerprint density at radius 1 is 1.31 bits per heavy atom. The molecule has 7 nitrogen and oxygen atoms in total. The van der Waals surface area contributed by atoms with Crippen LogP contribution in [0.25, 0.3) is 10.9 Å². The van der Waals surface area contributed by atoms with Crippen LogP contribution in [0.4, 0.5) is 5.69 Å². The summed E-state index contributed by atoms with van der Waals surface area (Å²) in [6.07, 6.45) is 3.00. The minimum Gasteiger partial charge on any atom is -0.495 e. The molecule has 0 bridgehead atoms. The summed E-state index contributed by atoms with van der Waals surface area (Å²) in [6.45, 7) is 2.23. The maximum atomic E-state index is 13.1. The third-order valence-corrected chi connectivity index (χ3v) is 5.42. The first kappa shape index (κ1) is 23.3. The maximum absolute atomic E-state index is 13.1. The number of nitriles is 1. The van der Waals surface area contributed by atoms with E-state index in [9.17, 15) is 15.2 Å². The van der Waals surface area contributed by atoms with Crippen LogP contribution < -0.4 is 15.4 Å². The number of rotatable bonds is 9. The van der Waals surface area contributed by atoms with Gasteiger partial charge in [0.2, 0.25) is 0 Å². The van der Waals surface area contributed by atoms with Crippen molar-refractivity contribution in [3.63, 3.8) is 0 Å². The molecular formula is C24H25ClN4O3. The van der Waals surface area contributed by atoms with Gasteiger partial charge in [-0.05, 0) is 42.3 Å². The predicted molar refractivity (Wildman–Crippen MR) is 125 cm³/mol. The van der Waals surface area contributed by atoms with Crippen molar-refractivity contribution in [3.8, 4) is 11.8 Å². The minimum atomic E-state index is -0.345. The fraction of sp³-hybridized carbons (Fsp3) is 0.292. The van der Waals surface area contributed by atoms with Crippen LogP contribution >= 0.6 is 11.6 Å². The van der Waals surface area contributed by atoms with Crippen molar-refractivity contribution in [1.29, 1.82) is 5.26 Å². The van der Waals surface area contributed by atoms with E-state index < -0.39 is 0 Å². The molecular weight excluding hydrogens is 428 g/mol. The number of carbonyl (C=O) groups excluding carboxylic acids is 1. The smallest absolute Gasteiger partial charge is 0.255 e. The van der Waals surface area contributed by atoms with E-state index in [2.05, 4.69) is 21.7 Å². The summed E-state index contributed by atoms with van der Waals surface area (Å²) in [6, 6.07) is 12.4. The lowest BCUT2D eigenvalue weighted by Gasteiger charge is -2.19. The molecule has 1 amide bonds. The number of amides is 1. The quantitative estimate of drug-likeness (QED) is 0.447. The molecule has 3 rings (SSSR count). The second-order valence-corrected chi connectivity index (χ2v) is 7.76. The molecule has 0 fully saturated rings. The number of aromatic nitrogens is 1. The monoisotopic (exact) mass is 452 g/mol. The highest BCUT2D eigenvalue weighted by Crippen LogP contribution is 2.29. The Bertz CT molecular complexity index is 1160. The average molecular weight is 453 g/mol. The van der Waals surface area contributed by atoms with Crippen molar-refractivity contribution in [3.05, 3.63) is 64.3 Å². The van der Waals surface area contributed by atoms with E-state index in [-0.39, 0.29) is 18.6 Å². The van der Waals surface area contributed by atoms with Gasteiger partial charge < -0.3 is 20.5 Å². The van der Waals surface area contributed by atoms with Crippen molar-refractivity contribution in [2.45, 2.75) is 32.4 Å². The number of methoxy groups -OCH3 is 1. The standard InChI is InChI=1S/C24H25ClN4O3/c1-3-4-17(14-30)29-24(31)19-13-27-21-7-5-15(11-26)9-18(21)23(19)28-12-16-6-8-22(32-2)20(25)10-16/h5-10,13,17,30H,3-4,12,14H2,1-2H3,(H,27,28)(H,29,31). The molecule has 0 aliphatic heterocycles. The maximum Gasteiger partial charge on any atom is 0.255 e. The van der Waals surface area contributed by atoms with E-state index in [1.807, 2.05) is 13.0 Å². The fourth-order valence-electron chi connectivity index (χ4n) is 3.46. The molecule has 1 heterocycles. The number of nitrogens with zero attached hydrogens (tertiary/aromatic N) is 2. The number of aliphatic hydroxyl groups is 1. The molecule has 3 N–H and O–H groups in total. The van der Waals surface area contributed by atoms with Crippen molar-refractivity contribution in [2.24, 2.45) is 0 Å². The summed E-state index contributed by atoms with van der Waals surface area (Å²) in [5, 5.41) is 26.3. The molecule has 0 saturated heterocycles. The van der Waals surface area contributed by atoms with E-state index in [0.29, 0.717) is 51.5 Å². The van der Waals surface area contributed by atoms with E-state index >= 15 is 0 Å². The van der Waals surface area contributed by atoms with Crippen LogP contribution in [0.3, 0.4) is 0 Å². The van der Waals surface area contributed by atoms with Crippen LogP contribution in [-0.2, 0) is 6.54 Å². The summed E-state index contributed by atoms with van der Waals surface area (Å²) < 4.78 is 5.20. The molecule has 0 spiro atoms.